The van der Waals surface area contributed by atoms with Crippen molar-refractivity contribution in [1.82, 2.24) is 4.72 Å². The molecule has 3 N–H and O–H groups in total. The summed E-state index contributed by atoms with van der Waals surface area (Å²) >= 11 is 4.88. The second-order valence-corrected chi connectivity index (χ2v) is 8.24. The zero-order valence-corrected chi connectivity index (χ0v) is 13.8. The molecule has 0 radical (unpaired) electrons. The summed E-state index contributed by atoms with van der Waals surface area (Å²) in [5.74, 6) is 0.823. The molecule has 20 heavy (non-hydrogen) atoms. The number of thiocarbonyl (C=S) groups is 1. The molecule has 1 unspecified atom stereocenters. The lowest BCUT2D eigenvalue weighted by Crippen LogP contribution is -2.28. The fourth-order valence-corrected chi connectivity index (χ4v) is 3.69. The highest BCUT2D eigenvalue weighted by atomic mass is 32.2. The normalized spacial score (nSPS) is 13.1. The number of nitrogens with two attached hydrogens (primary N) is 1. The van der Waals surface area contributed by atoms with E-state index in [1.165, 1.54) is 12.1 Å². The van der Waals surface area contributed by atoms with Crippen molar-refractivity contribution in [3.63, 3.8) is 0 Å². The Kier molecular flexibility index (Phi) is 6.25. The molecular formula is C12H18N2O3S3. The standard InChI is InChI=1S/C12H18N2O3S3/c1-3-19(15)7-6-14-20(16,17)10-4-5-11(12(13)18)9(2)8-10/h4-5,8,14H,3,6-7H2,1-2H3,(H2,13,18). The molecule has 1 rings (SSSR count). The predicted octanol–water partition coefficient (Wildman–Crippen LogP) is 0.676. The van der Waals surface area contributed by atoms with Crippen molar-refractivity contribution in [1.29, 1.82) is 0 Å². The lowest BCUT2D eigenvalue weighted by atomic mass is 10.1. The van der Waals surface area contributed by atoms with Gasteiger partial charge in [0.25, 0.3) is 0 Å². The van der Waals surface area contributed by atoms with Crippen LogP contribution in [0.2, 0.25) is 0 Å². The molecule has 0 spiro atoms. The minimum Gasteiger partial charge on any atom is -0.389 e. The van der Waals surface area contributed by atoms with Gasteiger partial charge in [0.2, 0.25) is 10.0 Å². The van der Waals surface area contributed by atoms with Crippen LogP contribution in [-0.2, 0) is 20.8 Å². The van der Waals surface area contributed by atoms with E-state index in [1.807, 2.05) is 0 Å². The van der Waals surface area contributed by atoms with Crippen molar-refractivity contribution >= 4 is 38.0 Å². The molecule has 1 aromatic carbocycles. The van der Waals surface area contributed by atoms with Gasteiger partial charge < -0.3 is 5.73 Å². The van der Waals surface area contributed by atoms with Crippen LogP contribution in [0.25, 0.3) is 0 Å². The number of rotatable bonds is 7. The van der Waals surface area contributed by atoms with E-state index in [2.05, 4.69) is 4.72 Å². The first-order valence-electron chi connectivity index (χ1n) is 6.03. The Hall–Kier alpha value is -0.830. The molecule has 0 amide bonds. The summed E-state index contributed by atoms with van der Waals surface area (Å²) in [6, 6.07) is 4.57. The average Bonchev–Trinajstić information content (AvgIpc) is 2.37. The number of hydrogen-bond acceptors (Lipinski definition) is 4. The van der Waals surface area contributed by atoms with Gasteiger partial charge in [0, 0.05) is 34.4 Å². The zero-order valence-electron chi connectivity index (χ0n) is 11.4. The van der Waals surface area contributed by atoms with E-state index >= 15 is 0 Å². The largest absolute Gasteiger partial charge is 0.389 e. The monoisotopic (exact) mass is 334 g/mol. The van der Waals surface area contributed by atoms with Gasteiger partial charge in [0.15, 0.2) is 0 Å². The highest BCUT2D eigenvalue weighted by Gasteiger charge is 2.15. The van der Waals surface area contributed by atoms with Gasteiger partial charge in [0.05, 0.1) is 4.90 Å². The summed E-state index contributed by atoms with van der Waals surface area (Å²) in [5.41, 5.74) is 6.90. The number of hydrogen-bond donors (Lipinski definition) is 2. The van der Waals surface area contributed by atoms with Crippen LogP contribution in [0.15, 0.2) is 23.1 Å². The third-order valence-corrected chi connectivity index (χ3v) is 5.70. The molecule has 1 aromatic rings. The Bertz CT molecular complexity index is 627. The quantitative estimate of drug-likeness (QED) is 0.716. The summed E-state index contributed by atoms with van der Waals surface area (Å²) in [6.45, 7) is 3.70. The van der Waals surface area contributed by atoms with Crippen LogP contribution < -0.4 is 10.5 Å². The van der Waals surface area contributed by atoms with Crippen molar-refractivity contribution < 1.29 is 12.6 Å². The van der Waals surface area contributed by atoms with E-state index in [-0.39, 0.29) is 16.4 Å². The van der Waals surface area contributed by atoms with Crippen LogP contribution in [0.1, 0.15) is 18.1 Å². The molecule has 0 aliphatic heterocycles. The van der Waals surface area contributed by atoms with Gasteiger partial charge in [-0.25, -0.2) is 13.1 Å². The average molecular weight is 334 g/mol. The maximum Gasteiger partial charge on any atom is 0.240 e. The summed E-state index contributed by atoms with van der Waals surface area (Å²) < 4.78 is 37.8. The van der Waals surface area contributed by atoms with Crippen molar-refractivity contribution in [3.8, 4) is 0 Å². The van der Waals surface area contributed by atoms with Crippen molar-refractivity contribution in [3.05, 3.63) is 29.3 Å². The third kappa shape index (κ3) is 4.62. The Labute approximate surface area is 127 Å². The second-order valence-electron chi connectivity index (χ2n) is 4.17. The van der Waals surface area contributed by atoms with Gasteiger partial charge in [-0.3, -0.25) is 4.21 Å². The molecule has 1 atom stereocenters. The molecule has 0 aliphatic rings. The van der Waals surface area contributed by atoms with Gasteiger partial charge in [-0.1, -0.05) is 25.2 Å². The maximum absolute atomic E-state index is 12.1. The van der Waals surface area contributed by atoms with Crippen LogP contribution in [0.5, 0.6) is 0 Å². The Morgan fingerprint density at radius 2 is 2.10 bits per heavy atom. The van der Waals surface area contributed by atoms with Gasteiger partial charge in [-0.15, -0.1) is 0 Å². The zero-order chi connectivity index (χ0) is 15.3. The molecule has 0 aliphatic carbocycles. The molecule has 0 fully saturated rings. The summed E-state index contributed by atoms with van der Waals surface area (Å²) in [4.78, 5) is 0.384. The molecule has 0 saturated carbocycles. The Morgan fingerprint density at radius 3 is 2.60 bits per heavy atom. The third-order valence-electron chi connectivity index (χ3n) is 2.72. The highest BCUT2D eigenvalue weighted by molar-refractivity contribution is 7.89. The number of benzene rings is 1. The molecule has 0 heterocycles. The van der Waals surface area contributed by atoms with E-state index < -0.39 is 20.8 Å². The molecular weight excluding hydrogens is 316 g/mol. The first-order valence-corrected chi connectivity index (χ1v) is 9.41. The van der Waals surface area contributed by atoms with Gasteiger partial charge in [-0.05, 0) is 24.6 Å². The minimum atomic E-state index is -3.60. The van der Waals surface area contributed by atoms with Crippen LogP contribution in [0, 0.1) is 6.92 Å². The van der Waals surface area contributed by atoms with Crippen LogP contribution >= 0.6 is 12.2 Å². The summed E-state index contributed by atoms with van der Waals surface area (Å²) in [5, 5.41) is 0. The summed E-state index contributed by atoms with van der Waals surface area (Å²) in [6.07, 6.45) is 0. The number of nitrogens with one attached hydrogen (secondary N) is 1. The first kappa shape index (κ1) is 17.2. The second kappa shape index (κ2) is 7.26. The van der Waals surface area contributed by atoms with Crippen LogP contribution in [0.4, 0.5) is 0 Å². The Morgan fingerprint density at radius 1 is 1.45 bits per heavy atom. The van der Waals surface area contributed by atoms with E-state index in [1.54, 1.807) is 19.9 Å². The minimum absolute atomic E-state index is 0.150. The van der Waals surface area contributed by atoms with Gasteiger partial charge in [0.1, 0.15) is 4.99 Å². The number of aryl methyl sites for hydroxylation is 1. The predicted molar refractivity (Wildman–Crippen MR) is 85.8 cm³/mol. The number of sulfonamides is 1. The molecule has 112 valence electrons. The topological polar surface area (TPSA) is 89.3 Å². The first-order chi connectivity index (χ1) is 9.27. The Balaban J connectivity index is 2.85. The molecule has 0 bridgehead atoms. The van der Waals surface area contributed by atoms with Crippen molar-refractivity contribution in [2.45, 2.75) is 18.7 Å². The summed E-state index contributed by atoms with van der Waals surface area (Å²) in [7, 11) is -4.59. The van der Waals surface area contributed by atoms with Gasteiger partial charge >= 0.3 is 0 Å². The van der Waals surface area contributed by atoms with Crippen LogP contribution in [-0.4, -0.2) is 35.7 Å². The molecule has 8 heteroatoms. The van der Waals surface area contributed by atoms with E-state index in [0.29, 0.717) is 22.6 Å². The highest BCUT2D eigenvalue weighted by Crippen LogP contribution is 2.15. The lowest BCUT2D eigenvalue weighted by molar-refractivity contribution is 0.584. The fraction of sp³-hybridized carbons (Fsp3) is 0.417. The lowest BCUT2D eigenvalue weighted by Gasteiger charge is -2.09. The van der Waals surface area contributed by atoms with E-state index in [0.717, 1.165) is 0 Å². The van der Waals surface area contributed by atoms with Crippen LogP contribution in [0.3, 0.4) is 0 Å². The SMILES string of the molecule is CCS(=O)CCNS(=O)(=O)c1ccc(C(N)=S)c(C)c1. The van der Waals surface area contributed by atoms with Crippen molar-refractivity contribution in [2.24, 2.45) is 5.73 Å². The smallest absolute Gasteiger partial charge is 0.240 e. The maximum atomic E-state index is 12.1. The molecule has 5 nitrogen and oxygen atoms in total. The fourth-order valence-electron chi connectivity index (χ4n) is 1.60. The van der Waals surface area contributed by atoms with E-state index in [9.17, 15) is 12.6 Å². The molecule has 0 aromatic heterocycles. The van der Waals surface area contributed by atoms with Crippen molar-refractivity contribution in [2.75, 3.05) is 18.1 Å². The van der Waals surface area contributed by atoms with E-state index in [4.69, 9.17) is 18.0 Å². The van der Waals surface area contributed by atoms with Gasteiger partial charge in [-0.2, -0.15) is 0 Å². The molecule has 0 saturated heterocycles.